The standard InChI is InChI=1S/C27H27N3O4/c1-17(2)15-24(32)28-20-13-11-19(12-14-20)23(31)16-30-25(33)27(3,29-26(30)34)22-10-6-8-18-7-4-5-9-21(18)22/h4-14,17H,15-16H2,1-3H3,(H,28,32)(H,29,34). The van der Waals surface area contributed by atoms with Crippen LogP contribution in [0.25, 0.3) is 10.8 Å². The molecule has 0 radical (unpaired) electrons. The van der Waals surface area contributed by atoms with Crippen LogP contribution < -0.4 is 10.6 Å². The van der Waals surface area contributed by atoms with Gasteiger partial charge in [-0.25, -0.2) is 4.79 Å². The number of nitrogens with zero attached hydrogens (tertiary/aromatic N) is 1. The predicted molar refractivity (Wildman–Crippen MR) is 130 cm³/mol. The van der Waals surface area contributed by atoms with Gasteiger partial charge in [0.15, 0.2) is 5.78 Å². The molecule has 34 heavy (non-hydrogen) atoms. The summed E-state index contributed by atoms with van der Waals surface area (Å²) >= 11 is 0. The van der Waals surface area contributed by atoms with E-state index in [4.69, 9.17) is 0 Å². The molecule has 1 unspecified atom stereocenters. The molecule has 1 aliphatic heterocycles. The number of anilines is 1. The van der Waals surface area contributed by atoms with Crippen LogP contribution in [0.5, 0.6) is 0 Å². The van der Waals surface area contributed by atoms with Gasteiger partial charge in [-0.2, -0.15) is 0 Å². The summed E-state index contributed by atoms with van der Waals surface area (Å²) in [5.74, 6) is -0.698. The molecule has 1 fully saturated rings. The molecule has 174 valence electrons. The van der Waals surface area contributed by atoms with Gasteiger partial charge >= 0.3 is 6.03 Å². The van der Waals surface area contributed by atoms with Crippen LogP contribution in [0.4, 0.5) is 10.5 Å². The number of benzene rings is 3. The summed E-state index contributed by atoms with van der Waals surface area (Å²) in [6.45, 7) is 5.21. The zero-order valence-electron chi connectivity index (χ0n) is 19.4. The number of nitrogens with one attached hydrogen (secondary N) is 2. The summed E-state index contributed by atoms with van der Waals surface area (Å²) in [6, 6.07) is 19.1. The van der Waals surface area contributed by atoms with Crippen molar-refractivity contribution in [3.05, 3.63) is 77.9 Å². The van der Waals surface area contributed by atoms with E-state index in [9.17, 15) is 19.2 Å². The number of Topliss-reactive ketones (excluding diaryl/α,β-unsaturated/α-hetero) is 1. The van der Waals surface area contributed by atoms with Gasteiger partial charge in [0.1, 0.15) is 5.54 Å². The zero-order chi connectivity index (χ0) is 24.5. The lowest BCUT2D eigenvalue weighted by molar-refractivity contribution is -0.130. The van der Waals surface area contributed by atoms with E-state index in [-0.39, 0.29) is 24.2 Å². The summed E-state index contributed by atoms with van der Waals surface area (Å²) in [5.41, 5.74) is 0.338. The average Bonchev–Trinajstić information content (AvgIpc) is 3.02. The van der Waals surface area contributed by atoms with Crippen LogP contribution in [0.3, 0.4) is 0 Å². The predicted octanol–water partition coefficient (Wildman–Crippen LogP) is 4.47. The smallest absolute Gasteiger partial charge is 0.325 e. The Morgan fingerprint density at radius 3 is 2.35 bits per heavy atom. The van der Waals surface area contributed by atoms with Crippen molar-refractivity contribution in [1.29, 1.82) is 0 Å². The van der Waals surface area contributed by atoms with Crippen LogP contribution >= 0.6 is 0 Å². The molecule has 0 aromatic heterocycles. The largest absolute Gasteiger partial charge is 0.326 e. The molecule has 4 amide bonds. The molecule has 7 heteroatoms. The lowest BCUT2D eigenvalue weighted by Crippen LogP contribution is -2.41. The number of fused-ring (bicyclic) bond motifs is 1. The monoisotopic (exact) mass is 457 g/mol. The van der Waals surface area contributed by atoms with E-state index < -0.39 is 17.5 Å². The van der Waals surface area contributed by atoms with Gasteiger partial charge < -0.3 is 10.6 Å². The third-order valence-corrected chi connectivity index (χ3v) is 5.99. The third-order valence-electron chi connectivity index (χ3n) is 5.99. The number of urea groups is 1. The zero-order valence-corrected chi connectivity index (χ0v) is 19.4. The Labute approximate surface area is 198 Å². The van der Waals surface area contributed by atoms with Crippen LogP contribution in [0, 0.1) is 5.92 Å². The van der Waals surface area contributed by atoms with Crippen molar-refractivity contribution < 1.29 is 19.2 Å². The fourth-order valence-electron chi connectivity index (χ4n) is 4.24. The minimum absolute atomic E-state index is 0.0962. The van der Waals surface area contributed by atoms with Gasteiger partial charge in [0.05, 0.1) is 6.54 Å². The Morgan fingerprint density at radius 1 is 0.971 bits per heavy atom. The highest BCUT2D eigenvalue weighted by molar-refractivity contribution is 6.12. The molecule has 1 atom stereocenters. The molecule has 1 aliphatic rings. The van der Waals surface area contributed by atoms with Crippen LogP contribution in [0.2, 0.25) is 0 Å². The highest BCUT2D eigenvalue weighted by Crippen LogP contribution is 2.34. The number of imide groups is 1. The molecule has 0 bridgehead atoms. The molecule has 0 aliphatic carbocycles. The Bertz CT molecular complexity index is 1280. The van der Waals surface area contributed by atoms with Crippen molar-refractivity contribution in [3.63, 3.8) is 0 Å². The molecule has 7 nitrogen and oxygen atoms in total. The van der Waals surface area contributed by atoms with Gasteiger partial charge in [-0.3, -0.25) is 19.3 Å². The maximum Gasteiger partial charge on any atom is 0.325 e. The second-order valence-electron chi connectivity index (χ2n) is 9.12. The summed E-state index contributed by atoms with van der Waals surface area (Å²) < 4.78 is 0. The van der Waals surface area contributed by atoms with E-state index in [0.717, 1.165) is 15.7 Å². The van der Waals surface area contributed by atoms with E-state index in [2.05, 4.69) is 10.6 Å². The SMILES string of the molecule is CC(C)CC(=O)Nc1ccc(C(=O)CN2C(=O)NC(C)(c3cccc4ccccc34)C2=O)cc1. The number of ketones is 1. The van der Waals surface area contributed by atoms with Gasteiger partial charge in [-0.15, -0.1) is 0 Å². The summed E-state index contributed by atoms with van der Waals surface area (Å²) in [6.07, 6.45) is 0.405. The van der Waals surface area contributed by atoms with Crippen molar-refractivity contribution in [3.8, 4) is 0 Å². The maximum absolute atomic E-state index is 13.4. The Balaban J connectivity index is 1.50. The molecule has 1 saturated heterocycles. The first-order chi connectivity index (χ1) is 16.2. The number of carbonyl (C=O) groups excluding carboxylic acids is 4. The fraction of sp³-hybridized carbons (Fsp3) is 0.259. The summed E-state index contributed by atoms with van der Waals surface area (Å²) in [7, 11) is 0. The quantitative estimate of drug-likeness (QED) is 0.404. The normalized spacial score (nSPS) is 17.8. The van der Waals surface area contributed by atoms with Gasteiger partial charge in [0, 0.05) is 17.7 Å². The van der Waals surface area contributed by atoms with E-state index in [1.54, 1.807) is 31.2 Å². The summed E-state index contributed by atoms with van der Waals surface area (Å²) in [4.78, 5) is 51.9. The minimum Gasteiger partial charge on any atom is -0.326 e. The molecule has 3 aromatic rings. The molecule has 4 rings (SSSR count). The number of hydrogen-bond donors (Lipinski definition) is 2. The first kappa shape index (κ1) is 23.2. The van der Waals surface area contributed by atoms with Gasteiger partial charge in [0.2, 0.25) is 5.91 Å². The lowest BCUT2D eigenvalue weighted by atomic mass is 9.88. The minimum atomic E-state index is -1.28. The molecular weight excluding hydrogens is 430 g/mol. The van der Waals surface area contributed by atoms with E-state index >= 15 is 0 Å². The van der Waals surface area contributed by atoms with Gasteiger partial charge in [-0.1, -0.05) is 56.3 Å². The van der Waals surface area contributed by atoms with E-state index in [0.29, 0.717) is 23.2 Å². The first-order valence-electron chi connectivity index (χ1n) is 11.2. The Morgan fingerprint density at radius 2 is 1.65 bits per heavy atom. The molecule has 1 heterocycles. The van der Waals surface area contributed by atoms with Crippen molar-refractivity contribution in [2.75, 3.05) is 11.9 Å². The van der Waals surface area contributed by atoms with Crippen molar-refractivity contribution in [2.24, 2.45) is 5.92 Å². The van der Waals surface area contributed by atoms with Crippen LogP contribution in [0.1, 0.15) is 43.1 Å². The molecule has 0 saturated carbocycles. The lowest BCUT2D eigenvalue weighted by Gasteiger charge is -2.24. The van der Waals surface area contributed by atoms with E-state index in [1.165, 1.54) is 0 Å². The third kappa shape index (κ3) is 4.41. The first-order valence-corrected chi connectivity index (χ1v) is 11.2. The Kier molecular flexibility index (Phi) is 6.20. The number of rotatable bonds is 7. The average molecular weight is 458 g/mol. The van der Waals surface area contributed by atoms with Crippen LogP contribution in [-0.2, 0) is 15.1 Å². The van der Waals surface area contributed by atoms with Gasteiger partial charge in [0.25, 0.3) is 5.91 Å². The van der Waals surface area contributed by atoms with Gasteiger partial charge in [-0.05, 0) is 53.4 Å². The van der Waals surface area contributed by atoms with Crippen molar-refractivity contribution >= 4 is 40.1 Å². The molecule has 3 aromatic carbocycles. The second-order valence-corrected chi connectivity index (χ2v) is 9.12. The number of carbonyl (C=O) groups is 4. The maximum atomic E-state index is 13.4. The van der Waals surface area contributed by atoms with Crippen LogP contribution in [-0.4, -0.2) is 35.1 Å². The molecular formula is C27H27N3O4. The highest BCUT2D eigenvalue weighted by Gasteiger charge is 2.50. The summed E-state index contributed by atoms with van der Waals surface area (Å²) in [5, 5.41) is 7.39. The highest BCUT2D eigenvalue weighted by atomic mass is 16.2. The molecule has 0 spiro atoms. The van der Waals surface area contributed by atoms with Crippen molar-refractivity contribution in [1.82, 2.24) is 10.2 Å². The van der Waals surface area contributed by atoms with E-state index in [1.807, 2.05) is 56.3 Å². The number of amides is 4. The number of hydrogen-bond acceptors (Lipinski definition) is 4. The fourth-order valence-corrected chi connectivity index (χ4v) is 4.24. The molecule has 2 N–H and O–H groups in total. The van der Waals surface area contributed by atoms with Crippen molar-refractivity contribution in [2.45, 2.75) is 32.7 Å². The second kappa shape index (κ2) is 9.09. The topological polar surface area (TPSA) is 95.6 Å². The van der Waals surface area contributed by atoms with Crippen LogP contribution in [0.15, 0.2) is 66.7 Å². The Hall–Kier alpha value is -4.00.